The first-order valence-electron chi connectivity index (χ1n) is 8.71. The van der Waals surface area contributed by atoms with Crippen LogP contribution in [0.4, 0.5) is 9.93 Å². The third-order valence-corrected chi connectivity index (χ3v) is 6.75. The maximum Gasteiger partial charge on any atom is 0.329 e. The number of ether oxygens (including phenoxy) is 1. The predicted molar refractivity (Wildman–Crippen MR) is 99.0 cm³/mol. The van der Waals surface area contributed by atoms with Gasteiger partial charge in [-0.25, -0.2) is 23.1 Å². The summed E-state index contributed by atoms with van der Waals surface area (Å²) in [5.41, 5.74) is 0. The molecule has 0 radical (unpaired) electrons. The van der Waals surface area contributed by atoms with Gasteiger partial charge in [0.15, 0.2) is 15.0 Å². The van der Waals surface area contributed by atoms with Crippen molar-refractivity contribution in [2.75, 3.05) is 24.2 Å². The summed E-state index contributed by atoms with van der Waals surface area (Å²) in [5.74, 6) is -0.369. The summed E-state index contributed by atoms with van der Waals surface area (Å²) in [4.78, 5) is 31.8. The van der Waals surface area contributed by atoms with Crippen LogP contribution in [0, 0.1) is 0 Å². The fourth-order valence-electron chi connectivity index (χ4n) is 2.52. The van der Waals surface area contributed by atoms with Crippen LogP contribution >= 0.6 is 11.3 Å². The minimum absolute atomic E-state index is 0.0726. The Morgan fingerprint density at radius 2 is 2.04 bits per heavy atom. The van der Waals surface area contributed by atoms with Crippen molar-refractivity contribution >= 4 is 38.3 Å². The fourth-order valence-corrected chi connectivity index (χ4v) is 4.28. The zero-order chi connectivity index (χ0) is 19.3. The molecule has 2 amide bonds. The number of nitrogens with zero attached hydrogens (tertiary/aromatic N) is 3. The van der Waals surface area contributed by atoms with Crippen LogP contribution in [-0.2, 0) is 19.4 Å². The Morgan fingerprint density at radius 3 is 2.62 bits per heavy atom. The zero-order valence-corrected chi connectivity index (χ0v) is 16.9. The van der Waals surface area contributed by atoms with Crippen molar-refractivity contribution in [3.63, 3.8) is 0 Å². The monoisotopic (exact) mass is 403 g/mol. The van der Waals surface area contributed by atoms with E-state index in [2.05, 4.69) is 4.98 Å². The van der Waals surface area contributed by atoms with Gasteiger partial charge in [0.1, 0.15) is 4.21 Å². The molecule has 26 heavy (non-hydrogen) atoms. The molecule has 0 spiro atoms. The standard InChI is InChI=1S/C16H25N3O5S2/c1-4-6-8-13(20)24-12-11-18(9-7-5-2)16(21)19(12)15-17-10-14(25-15)26(3,22)23/h10,12H,4-9,11H2,1-3H3. The number of rotatable bonds is 9. The van der Waals surface area contributed by atoms with E-state index in [0.29, 0.717) is 13.0 Å². The number of carbonyl (C=O) groups is 2. The predicted octanol–water partition coefficient (Wildman–Crippen LogP) is 2.65. The second kappa shape index (κ2) is 8.81. The molecule has 0 N–H and O–H groups in total. The summed E-state index contributed by atoms with van der Waals surface area (Å²) in [6, 6.07) is -0.318. The molecule has 1 aliphatic rings. The number of anilines is 1. The Morgan fingerprint density at radius 1 is 1.35 bits per heavy atom. The first-order chi connectivity index (χ1) is 12.3. The SMILES string of the molecule is CCCCC(=O)OC1CN(CCCC)C(=O)N1c1ncc(S(C)(=O)=O)s1. The molecule has 1 unspecified atom stereocenters. The maximum atomic E-state index is 12.8. The summed E-state index contributed by atoms with van der Waals surface area (Å²) >= 11 is 0.903. The van der Waals surface area contributed by atoms with Crippen LogP contribution in [-0.4, -0.2) is 55.9 Å². The molecule has 1 aromatic rings. The third kappa shape index (κ3) is 4.94. The largest absolute Gasteiger partial charge is 0.439 e. The van der Waals surface area contributed by atoms with Crippen LogP contribution in [0.1, 0.15) is 46.0 Å². The molecule has 0 bridgehead atoms. The van der Waals surface area contributed by atoms with Crippen LogP contribution in [0.25, 0.3) is 0 Å². The Kier molecular flexibility index (Phi) is 6.99. The van der Waals surface area contributed by atoms with Gasteiger partial charge < -0.3 is 9.64 Å². The number of carbonyl (C=O) groups excluding carboxylic acids is 2. The lowest BCUT2D eigenvalue weighted by Crippen LogP contribution is -2.37. The highest BCUT2D eigenvalue weighted by Gasteiger charge is 2.42. The lowest BCUT2D eigenvalue weighted by atomic mass is 10.2. The Hall–Kier alpha value is -1.68. The third-order valence-electron chi connectivity index (χ3n) is 3.97. The first kappa shape index (κ1) is 20.6. The molecule has 2 rings (SSSR count). The number of unbranched alkanes of at least 4 members (excludes halogenated alkanes) is 2. The van der Waals surface area contributed by atoms with Gasteiger partial charge in [-0.05, 0) is 12.8 Å². The van der Waals surface area contributed by atoms with Crippen molar-refractivity contribution in [2.24, 2.45) is 0 Å². The second-order valence-electron chi connectivity index (χ2n) is 6.23. The van der Waals surface area contributed by atoms with Crippen molar-refractivity contribution in [3.8, 4) is 0 Å². The molecule has 1 atom stereocenters. The van der Waals surface area contributed by atoms with Gasteiger partial charge in [0.25, 0.3) is 0 Å². The van der Waals surface area contributed by atoms with Gasteiger partial charge in [0, 0.05) is 19.2 Å². The molecule has 1 aliphatic heterocycles. The Balaban J connectivity index is 2.23. The van der Waals surface area contributed by atoms with E-state index in [1.54, 1.807) is 4.90 Å². The zero-order valence-electron chi connectivity index (χ0n) is 15.3. The number of hydrogen-bond acceptors (Lipinski definition) is 7. The van der Waals surface area contributed by atoms with Crippen molar-refractivity contribution in [2.45, 2.75) is 56.4 Å². The quantitative estimate of drug-likeness (QED) is 0.588. The van der Waals surface area contributed by atoms with E-state index in [1.165, 1.54) is 11.1 Å². The Bertz CT molecular complexity index is 747. The van der Waals surface area contributed by atoms with Crippen LogP contribution < -0.4 is 4.90 Å². The molecule has 1 aromatic heterocycles. The molecule has 10 heteroatoms. The van der Waals surface area contributed by atoms with E-state index in [0.717, 1.165) is 36.9 Å². The van der Waals surface area contributed by atoms with Gasteiger partial charge in [0.05, 0.1) is 12.7 Å². The molecule has 146 valence electrons. The van der Waals surface area contributed by atoms with E-state index >= 15 is 0 Å². The average Bonchev–Trinajstić information content (AvgIpc) is 3.16. The summed E-state index contributed by atoms with van der Waals surface area (Å²) in [7, 11) is -3.41. The van der Waals surface area contributed by atoms with E-state index in [4.69, 9.17) is 4.74 Å². The molecular weight excluding hydrogens is 378 g/mol. The summed E-state index contributed by atoms with van der Waals surface area (Å²) < 4.78 is 29.0. The molecular formula is C16H25N3O5S2. The van der Waals surface area contributed by atoms with E-state index in [-0.39, 0.29) is 34.3 Å². The molecule has 1 saturated heterocycles. The molecule has 0 aliphatic carbocycles. The van der Waals surface area contributed by atoms with Crippen LogP contribution in [0.3, 0.4) is 0 Å². The molecule has 8 nitrogen and oxygen atoms in total. The number of amides is 2. The average molecular weight is 404 g/mol. The second-order valence-corrected chi connectivity index (χ2v) is 9.49. The lowest BCUT2D eigenvalue weighted by Gasteiger charge is -2.20. The van der Waals surface area contributed by atoms with E-state index in [1.807, 2.05) is 13.8 Å². The minimum Gasteiger partial charge on any atom is -0.439 e. The van der Waals surface area contributed by atoms with E-state index in [9.17, 15) is 18.0 Å². The van der Waals surface area contributed by atoms with Crippen molar-refractivity contribution in [3.05, 3.63) is 6.20 Å². The smallest absolute Gasteiger partial charge is 0.329 e. The number of hydrogen-bond donors (Lipinski definition) is 0. The summed E-state index contributed by atoms with van der Waals surface area (Å²) in [6.07, 6.45) is 5.17. The Labute approximate surface area is 158 Å². The molecule has 0 saturated carbocycles. The minimum atomic E-state index is -3.41. The van der Waals surface area contributed by atoms with Crippen LogP contribution in [0.2, 0.25) is 0 Å². The van der Waals surface area contributed by atoms with E-state index < -0.39 is 16.1 Å². The molecule has 1 fully saturated rings. The number of urea groups is 1. The number of aromatic nitrogens is 1. The highest BCUT2D eigenvalue weighted by atomic mass is 32.2. The van der Waals surface area contributed by atoms with Gasteiger partial charge in [-0.2, -0.15) is 0 Å². The first-order valence-corrected chi connectivity index (χ1v) is 11.4. The summed E-state index contributed by atoms with van der Waals surface area (Å²) in [5, 5.41) is 0.225. The van der Waals surface area contributed by atoms with Crippen LogP contribution in [0.5, 0.6) is 0 Å². The normalized spacial score (nSPS) is 17.8. The van der Waals surface area contributed by atoms with Crippen molar-refractivity contribution < 1.29 is 22.7 Å². The van der Waals surface area contributed by atoms with Crippen molar-refractivity contribution in [1.29, 1.82) is 0 Å². The highest BCUT2D eigenvalue weighted by molar-refractivity contribution is 7.92. The molecule has 0 aromatic carbocycles. The number of sulfone groups is 1. The number of esters is 1. The maximum absolute atomic E-state index is 12.8. The van der Waals surface area contributed by atoms with Gasteiger partial charge in [-0.15, -0.1) is 0 Å². The van der Waals surface area contributed by atoms with Gasteiger partial charge >= 0.3 is 12.0 Å². The lowest BCUT2D eigenvalue weighted by molar-refractivity contribution is -0.148. The van der Waals surface area contributed by atoms with Gasteiger partial charge in [-0.3, -0.25) is 4.79 Å². The van der Waals surface area contributed by atoms with Gasteiger partial charge in [-0.1, -0.05) is 38.0 Å². The molecule has 2 heterocycles. The topological polar surface area (TPSA) is 96.9 Å². The van der Waals surface area contributed by atoms with Crippen molar-refractivity contribution in [1.82, 2.24) is 9.88 Å². The van der Waals surface area contributed by atoms with Gasteiger partial charge in [0.2, 0.25) is 6.23 Å². The number of thiazole rings is 1. The summed E-state index contributed by atoms with van der Waals surface area (Å²) in [6.45, 7) is 4.82. The highest BCUT2D eigenvalue weighted by Crippen LogP contribution is 2.32. The fraction of sp³-hybridized carbons (Fsp3) is 0.688. The van der Waals surface area contributed by atoms with Crippen LogP contribution in [0.15, 0.2) is 10.4 Å².